The number of carbonyl (C=O) groups is 2. The maximum atomic E-state index is 12.2. The number of hydrogen-bond acceptors (Lipinski definition) is 3. The molecule has 1 saturated carbocycles. The number of ether oxygens (including phenoxy) is 1. The summed E-state index contributed by atoms with van der Waals surface area (Å²) >= 11 is 0. The number of nitrogens with one attached hydrogen (secondary N) is 1. The molecule has 1 aliphatic carbocycles. The minimum absolute atomic E-state index is 0.0712. The number of benzene rings is 2. The van der Waals surface area contributed by atoms with Gasteiger partial charge >= 0.3 is 5.97 Å². The molecule has 0 saturated heterocycles. The van der Waals surface area contributed by atoms with Gasteiger partial charge in [0.2, 0.25) is 5.91 Å². The highest BCUT2D eigenvalue weighted by Gasteiger charge is 2.33. The van der Waals surface area contributed by atoms with E-state index in [1.54, 1.807) is 0 Å². The molecule has 1 amide bonds. The van der Waals surface area contributed by atoms with E-state index in [4.69, 9.17) is 9.84 Å². The molecule has 1 aliphatic rings. The topological polar surface area (TPSA) is 75.6 Å². The van der Waals surface area contributed by atoms with Crippen LogP contribution < -0.4 is 10.1 Å². The molecule has 0 spiro atoms. The molecule has 0 unspecified atom stereocenters. The first-order chi connectivity index (χ1) is 12.1. The molecule has 0 heterocycles. The predicted molar refractivity (Wildman–Crippen MR) is 93.3 cm³/mol. The lowest BCUT2D eigenvalue weighted by Crippen LogP contribution is -2.29. The van der Waals surface area contributed by atoms with Gasteiger partial charge in [-0.2, -0.15) is 0 Å². The van der Waals surface area contributed by atoms with Crippen LogP contribution in [0, 0.1) is 11.8 Å². The molecule has 3 rings (SSSR count). The third-order valence-electron chi connectivity index (χ3n) is 4.50. The van der Waals surface area contributed by atoms with Gasteiger partial charge < -0.3 is 15.2 Å². The van der Waals surface area contributed by atoms with Gasteiger partial charge in [-0.1, -0.05) is 30.3 Å². The van der Waals surface area contributed by atoms with Crippen molar-refractivity contribution in [3.8, 4) is 11.5 Å². The summed E-state index contributed by atoms with van der Waals surface area (Å²) in [6.45, 7) is 0.402. The first kappa shape index (κ1) is 17.0. The van der Waals surface area contributed by atoms with Crippen molar-refractivity contribution in [2.75, 3.05) is 0 Å². The van der Waals surface area contributed by atoms with Crippen LogP contribution in [0.5, 0.6) is 11.5 Å². The largest absolute Gasteiger partial charge is 0.481 e. The fraction of sp³-hybridized carbons (Fsp3) is 0.300. The molecule has 0 radical (unpaired) electrons. The zero-order chi connectivity index (χ0) is 17.6. The van der Waals surface area contributed by atoms with E-state index in [1.807, 2.05) is 54.6 Å². The highest BCUT2D eigenvalue weighted by molar-refractivity contribution is 5.80. The average molecular weight is 339 g/mol. The van der Waals surface area contributed by atoms with Crippen LogP contribution in [-0.2, 0) is 16.1 Å². The molecule has 130 valence electrons. The third-order valence-corrected chi connectivity index (χ3v) is 4.50. The normalized spacial score (nSPS) is 19.4. The zero-order valence-electron chi connectivity index (χ0n) is 13.9. The SMILES string of the molecule is O=C(O)[C@@H]1CC[C@H](C(=O)NCc2cccc(Oc3ccccc3)c2)C1. The summed E-state index contributed by atoms with van der Waals surface area (Å²) < 4.78 is 5.79. The van der Waals surface area contributed by atoms with E-state index in [2.05, 4.69) is 5.32 Å². The molecule has 1 fully saturated rings. The highest BCUT2D eigenvalue weighted by atomic mass is 16.5. The maximum Gasteiger partial charge on any atom is 0.306 e. The maximum absolute atomic E-state index is 12.2. The van der Waals surface area contributed by atoms with Crippen molar-refractivity contribution < 1.29 is 19.4 Å². The highest BCUT2D eigenvalue weighted by Crippen LogP contribution is 2.31. The monoisotopic (exact) mass is 339 g/mol. The standard InChI is InChI=1S/C20H21NO4/c22-19(15-9-10-16(12-15)20(23)24)21-13-14-5-4-8-18(11-14)25-17-6-2-1-3-7-17/h1-8,11,15-16H,9-10,12-13H2,(H,21,22)(H,23,24)/t15-,16+/m0/s1. The minimum Gasteiger partial charge on any atom is -0.481 e. The van der Waals surface area contributed by atoms with Gasteiger partial charge in [-0.25, -0.2) is 0 Å². The molecule has 0 aromatic heterocycles. The first-order valence-corrected chi connectivity index (χ1v) is 8.44. The first-order valence-electron chi connectivity index (χ1n) is 8.44. The quantitative estimate of drug-likeness (QED) is 0.843. The van der Waals surface area contributed by atoms with Gasteiger partial charge in [-0.15, -0.1) is 0 Å². The number of para-hydroxylation sites is 1. The van der Waals surface area contributed by atoms with Crippen LogP contribution in [0.3, 0.4) is 0 Å². The zero-order valence-corrected chi connectivity index (χ0v) is 13.9. The van der Waals surface area contributed by atoms with E-state index >= 15 is 0 Å². The van der Waals surface area contributed by atoms with Crippen LogP contribution in [0.4, 0.5) is 0 Å². The van der Waals surface area contributed by atoms with Crippen LogP contribution in [0.25, 0.3) is 0 Å². The van der Waals surface area contributed by atoms with Crippen molar-refractivity contribution in [1.29, 1.82) is 0 Å². The van der Waals surface area contributed by atoms with Crippen molar-refractivity contribution in [3.05, 3.63) is 60.2 Å². The molecule has 0 aliphatic heterocycles. The molecule has 2 aromatic carbocycles. The Balaban J connectivity index is 1.54. The Morgan fingerprint density at radius 1 is 1.00 bits per heavy atom. The fourth-order valence-corrected chi connectivity index (χ4v) is 3.12. The number of carbonyl (C=O) groups excluding carboxylic acids is 1. The second kappa shape index (κ2) is 7.83. The Labute approximate surface area is 146 Å². The lowest BCUT2D eigenvalue weighted by atomic mass is 10.0. The summed E-state index contributed by atoms with van der Waals surface area (Å²) in [5, 5.41) is 11.9. The van der Waals surface area contributed by atoms with Gasteiger partial charge in [0.1, 0.15) is 11.5 Å². The van der Waals surface area contributed by atoms with Crippen LogP contribution >= 0.6 is 0 Å². The van der Waals surface area contributed by atoms with Gasteiger partial charge in [0.05, 0.1) is 5.92 Å². The average Bonchev–Trinajstić information content (AvgIpc) is 3.11. The van der Waals surface area contributed by atoms with Crippen molar-refractivity contribution in [3.63, 3.8) is 0 Å². The molecular weight excluding hydrogens is 318 g/mol. The Bertz CT molecular complexity index is 744. The van der Waals surface area contributed by atoms with E-state index in [0.29, 0.717) is 31.6 Å². The smallest absolute Gasteiger partial charge is 0.306 e. The van der Waals surface area contributed by atoms with Gasteiger partial charge in [0.25, 0.3) is 0 Å². The van der Waals surface area contributed by atoms with Crippen molar-refractivity contribution >= 4 is 11.9 Å². The van der Waals surface area contributed by atoms with Crippen LogP contribution in [0.1, 0.15) is 24.8 Å². The molecule has 2 atom stereocenters. The summed E-state index contributed by atoms with van der Waals surface area (Å²) in [7, 11) is 0. The number of rotatable bonds is 6. The summed E-state index contributed by atoms with van der Waals surface area (Å²) in [6.07, 6.45) is 1.64. The predicted octanol–water partition coefficient (Wildman–Crippen LogP) is 3.60. The summed E-state index contributed by atoms with van der Waals surface area (Å²) in [4.78, 5) is 23.2. The van der Waals surface area contributed by atoms with E-state index in [9.17, 15) is 9.59 Å². The van der Waals surface area contributed by atoms with E-state index in [-0.39, 0.29) is 11.8 Å². The van der Waals surface area contributed by atoms with Gasteiger partial charge in [0, 0.05) is 12.5 Å². The summed E-state index contributed by atoms with van der Waals surface area (Å²) in [5.41, 5.74) is 0.939. The second-order valence-electron chi connectivity index (χ2n) is 6.33. The van der Waals surface area contributed by atoms with Gasteiger partial charge in [-0.05, 0) is 49.1 Å². The van der Waals surface area contributed by atoms with E-state index in [0.717, 1.165) is 11.3 Å². The van der Waals surface area contributed by atoms with Gasteiger partial charge in [-0.3, -0.25) is 9.59 Å². The molecule has 2 aromatic rings. The van der Waals surface area contributed by atoms with E-state index < -0.39 is 11.9 Å². The second-order valence-corrected chi connectivity index (χ2v) is 6.33. The molecule has 25 heavy (non-hydrogen) atoms. The lowest BCUT2D eigenvalue weighted by molar-refractivity contribution is -0.141. The minimum atomic E-state index is -0.805. The third kappa shape index (κ3) is 4.59. The fourth-order valence-electron chi connectivity index (χ4n) is 3.12. The Hall–Kier alpha value is -2.82. The number of hydrogen-bond donors (Lipinski definition) is 2. The molecule has 5 heteroatoms. The number of aliphatic carboxylic acids is 1. The van der Waals surface area contributed by atoms with Crippen LogP contribution in [0.2, 0.25) is 0 Å². The Morgan fingerprint density at radius 3 is 2.44 bits per heavy atom. The Morgan fingerprint density at radius 2 is 1.72 bits per heavy atom. The van der Waals surface area contributed by atoms with Crippen molar-refractivity contribution in [2.24, 2.45) is 11.8 Å². The number of carboxylic acid groups (broad SMARTS) is 1. The summed E-state index contributed by atoms with van der Waals surface area (Å²) in [5.74, 6) is 0.00139. The molecule has 5 nitrogen and oxygen atoms in total. The van der Waals surface area contributed by atoms with Gasteiger partial charge in [0.15, 0.2) is 0 Å². The van der Waals surface area contributed by atoms with Crippen molar-refractivity contribution in [2.45, 2.75) is 25.8 Å². The number of carboxylic acids is 1. The van der Waals surface area contributed by atoms with Crippen LogP contribution in [0.15, 0.2) is 54.6 Å². The van der Waals surface area contributed by atoms with Crippen LogP contribution in [-0.4, -0.2) is 17.0 Å². The molecule has 0 bridgehead atoms. The van der Waals surface area contributed by atoms with Crippen molar-refractivity contribution in [1.82, 2.24) is 5.32 Å². The number of amides is 1. The lowest BCUT2D eigenvalue weighted by Gasteiger charge is -2.12. The molecular formula is C20H21NO4. The van der Waals surface area contributed by atoms with E-state index in [1.165, 1.54) is 0 Å². The molecule has 2 N–H and O–H groups in total. The summed E-state index contributed by atoms with van der Waals surface area (Å²) in [6, 6.07) is 17.1. The Kier molecular flexibility index (Phi) is 5.33.